The van der Waals surface area contributed by atoms with Crippen LogP contribution in [0.3, 0.4) is 0 Å². The first-order valence-electron chi connectivity index (χ1n) is 4.67. The molecule has 3 nitrogen and oxygen atoms in total. The van der Waals surface area contributed by atoms with Crippen LogP contribution in [-0.2, 0) is 4.79 Å². The van der Waals surface area contributed by atoms with Crippen LogP contribution in [0.1, 0.15) is 19.4 Å². The SMILES string of the molecule is Cc1ccc(NC(=O)C(C)(C)N)cc1I. The maximum atomic E-state index is 11.6. The summed E-state index contributed by atoms with van der Waals surface area (Å²) < 4.78 is 1.13. The molecule has 0 saturated carbocycles. The molecule has 4 heteroatoms. The molecule has 82 valence electrons. The second-order valence-electron chi connectivity index (χ2n) is 4.14. The van der Waals surface area contributed by atoms with Crippen LogP contribution in [0.5, 0.6) is 0 Å². The fraction of sp³-hybridized carbons (Fsp3) is 0.364. The van der Waals surface area contributed by atoms with Crippen LogP contribution in [0, 0.1) is 10.5 Å². The van der Waals surface area contributed by atoms with Gasteiger partial charge in [-0.2, -0.15) is 0 Å². The third-order valence-corrected chi connectivity index (χ3v) is 3.18. The minimum absolute atomic E-state index is 0.179. The van der Waals surface area contributed by atoms with Crippen molar-refractivity contribution in [1.29, 1.82) is 0 Å². The standard InChI is InChI=1S/C11H15IN2O/c1-7-4-5-8(6-9(7)12)14-10(15)11(2,3)13/h4-6H,13H2,1-3H3,(H,14,15). The Labute approximate surface area is 104 Å². The number of carbonyl (C=O) groups is 1. The highest BCUT2D eigenvalue weighted by Crippen LogP contribution is 2.17. The molecule has 1 aromatic rings. The second-order valence-corrected chi connectivity index (χ2v) is 5.30. The average Bonchev–Trinajstić information content (AvgIpc) is 2.10. The van der Waals surface area contributed by atoms with Crippen molar-refractivity contribution in [1.82, 2.24) is 0 Å². The molecule has 0 radical (unpaired) electrons. The zero-order valence-electron chi connectivity index (χ0n) is 9.10. The van der Waals surface area contributed by atoms with E-state index in [0.29, 0.717) is 0 Å². The molecule has 1 rings (SSSR count). The summed E-state index contributed by atoms with van der Waals surface area (Å²) >= 11 is 2.24. The Balaban J connectivity index is 2.83. The molecular weight excluding hydrogens is 303 g/mol. The number of carbonyl (C=O) groups excluding carboxylic acids is 1. The lowest BCUT2D eigenvalue weighted by Gasteiger charge is -2.18. The van der Waals surface area contributed by atoms with Crippen LogP contribution < -0.4 is 11.1 Å². The summed E-state index contributed by atoms with van der Waals surface area (Å²) in [6, 6.07) is 5.78. The Hall–Kier alpha value is -0.620. The van der Waals surface area contributed by atoms with Crippen molar-refractivity contribution >= 4 is 34.2 Å². The monoisotopic (exact) mass is 318 g/mol. The zero-order chi connectivity index (χ0) is 11.6. The summed E-state index contributed by atoms with van der Waals surface area (Å²) in [6.07, 6.45) is 0. The molecule has 0 saturated heterocycles. The Morgan fingerprint density at radius 2 is 2.07 bits per heavy atom. The maximum Gasteiger partial charge on any atom is 0.243 e. The second kappa shape index (κ2) is 4.49. The van der Waals surface area contributed by atoms with E-state index in [0.717, 1.165) is 9.26 Å². The van der Waals surface area contributed by atoms with Crippen molar-refractivity contribution < 1.29 is 4.79 Å². The quantitative estimate of drug-likeness (QED) is 0.822. The van der Waals surface area contributed by atoms with E-state index < -0.39 is 5.54 Å². The first-order valence-corrected chi connectivity index (χ1v) is 5.75. The summed E-state index contributed by atoms with van der Waals surface area (Å²) in [5, 5.41) is 2.78. The predicted molar refractivity (Wildman–Crippen MR) is 70.8 cm³/mol. The number of amides is 1. The number of hydrogen-bond donors (Lipinski definition) is 2. The van der Waals surface area contributed by atoms with Crippen molar-refractivity contribution in [3.8, 4) is 0 Å². The van der Waals surface area contributed by atoms with Gasteiger partial charge in [-0.15, -0.1) is 0 Å². The van der Waals surface area contributed by atoms with Gasteiger partial charge in [0, 0.05) is 9.26 Å². The van der Waals surface area contributed by atoms with Crippen molar-refractivity contribution in [2.24, 2.45) is 5.73 Å². The van der Waals surface area contributed by atoms with Gasteiger partial charge in [0.25, 0.3) is 0 Å². The summed E-state index contributed by atoms with van der Waals surface area (Å²) in [5.41, 5.74) is 6.81. The number of benzene rings is 1. The smallest absolute Gasteiger partial charge is 0.243 e. The van der Waals surface area contributed by atoms with Crippen molar-refractivity contribution in [3.63, 3.8) is 0 Å². The normalized spacial score (nSPS) is 11.3. The summed E-state index contributed by atoms with van der Waals surface area (Å²) in [7, 11) is 0. The van der Waals surface area contributed by atoms with E-state index in [1.807, 2.05) is 25.1 Å². The molecule has 1 aromatic carbocycles. The topological polar surface area (TPSA) is 55.1 Å². The van der Waals surface area contributed by atoms with Crippen molar-refractivity contribution in [3.05, 3.63) is 27.3 Å². The fourth-order valence-corrected chi connectivity index (χ4v) is 1.48. The van der Waals surface area contributed by atoms with Crippen LogP contribution in [0.25, 0.3) is 0 Å². The van der Waals surface area contributed by atoms with E-state index in [-0.39, 0.29) is 5.91 Å². The lowest BCUT2D eigenvalue weighted by Crippen LogP contribution is -2.45. The maximum absolute atomic E-state index is 11.6. The lowest BCUT2D eigenvalue weighted by atomic mass is 10.1. The predicted octanol–water partition coefficient (Wildman–Crippen LogP) is 2.28. The summed E-state index contributed by atoms with van der Waals surface area (Å²) in [6.45, 7) is 5.39. The molecule has 0 bridgehead atoms. The first kappa shape index (κ1) is 12.4. The van der Waals surface area contributed by atoms with E-state index >= 15 is 0 Å². The molecule has 0 aromatic heterocycles. The lowest BCUT2D eigenvalue weighted by molar-refractivity contribution is -0.120. The Kier molecular flexibility index (Phi) is 3.72. The number of rotatable bonds is 2. The fourth-order valence-electron chi connectivity index (χ4n) is 0.963. The largest absolute Gasteiger partial charge is 0.324 e. The molecule has 0 spiro atoms. The van der Waals surface area contributed by atoms with Gasteiger partial charge >= 0.3 is 0 Å². The molecule has 0 fully saturated rings. The Bertz CT molecular complexity index is 383. The molecule has 15 heavy (non-hydrogen) atoms. The first-order chi connectivity index (χ1) is 6.80. The molecular formula is C11H15IN2O. The van der Waals surface area contributed by atoms with Gasteiger partial charge in [0.05, 0.1) is 5.54 Å². The van der Waals surface area contributed by atoms with E-state index in [2.05, 4.69) is 27.9 Å². The van der Waals surface area contributed by atoms with Gasteiger partial charge in [0.1, 0.15) is 0 Å². The van der Waals surface area contributed by atoms with Crippen molar-refractivity contribution in [2.45, 2.75) is 26.3 Å². The molecule has 0 aliphatic carbocycles. The van der Waals surface area contributed by atoms with Crippen LogP contribution in [0.2, 0.25) is 0 Å². The van der Waals surface area contributed by atoms with Crippen LogP contribution >= 0.6 is 22.6 Å². The van der Waals surface area contributed by atoms with Gasteiger partial charge in [-0.05, 0) is 61.1 Å². The van der Waals surface area contributed by atoms with Gasteiger partial charge in [-0.3, -0.25) is 4.79 Å². The molecule has 0 aliphatic heterocycles. The number of hydrogen-bond acceptors (Lipinski definition) is 2. The van der Waals surface area contributed by atoms with Crippen LogP contribution in [0.15, 0.2) is 18.2 Å². The molecule has 0 atom stereocenters. The number of halogens is 1. The number of anilines is 1. The van der Waals surface area contributed by atoms with Gasteiger partial charge in [0.2, 0.25) is 5.91 Å². The van der Waals surface area contributed by atoms with Gasteiger partial charge in [-0.25, -0.2) is 0 Å². The third-order valence-electron chi connectivity index (χ3n) is 2.01. The summed E-state index contributed by atoms with van der Waals surface area (Å²) in [4.78, 5) is 11.6. The molecule has 3 N–H and O–H groups in total. The van der Waals surface area contributed by atoms with Crippen LogP contribution in [0.4, 0.5) is 5.69 Å². The zero-order valence-corrected chi connectivity index (χ0v) is 11.3. The van der Waals surface area contributed by atoms with E-state index in [9.17, 15) is 4.79 Å². The van der Waals surface area contributed by atoms with E-state index in [1.54, 1.807) is 13.8 Å². The van der Waals surface area contributed by atoms with Gasteiger partial charge < -0.3 is 11.1 Å². The van der Waals surface area contributed by atoms with Crippen LogP contribution in [-0.4, -0.2) is 11.4 Å². The molecule has 1 amide bonds. The molecule has 0 aliphatic rings. The van der Waals surface area contributed by atoms with E-state index in [1.165, 1.54) is 5.56 Å². The highest BCUT2D eigenvalue weighted by molar-refractivity contribution is 14.1. The third kappa shape index (κ3) is 3.46. The average molecular weight is 318 g/mol. The van der Waals surface area contributed by atoms with E-state index in [4.69, 9.17) is 5.73 Å². The minimum Gasteiger partial charge on any atom is -0.324 e. The highest BCUT2D eigenvalue weighted by atomic mass is 127. The number of aryl methyl sites for hydroxylation is 1. The Morgan fingerprint density at radius 3 is 2.53 bits per heavy atom. The summed E-state index contributed by atoms with van der Waals surface area (Å²) in [5.74, 6) is -0.179. The Morgan fingerprint density at radius 1 is 1.47 bits per heavy atom. The molecule has 0 heterocycles. The number of nitrogens with one attached hydrogen (secondary N) is 1. The molecule has 0 unspecified atom stereocenters. The van der Waals surface area contributed by atoms with Crippen molar-refractivity contribution in [2.75, 3.05) is 5.32 Å². The minimum atomic E-state index is -0.851. The number of nitrogens with two attached hydrogens (primary N) is 1. The highest BCUT2D eigenvalue weighted by Gasteiger charge is 2.21. The van der Waals surface area contributed by atoms with Gasteiger partial charge in [-0.1, -0.05) is 6.07 Å². The van der Waals surface area contributed by atoms with Gasteiger partial charge in [0.15, 0.2) is 0 Å².